The third-order valence-corrected chi connectivity index (χ3v) is 7.35. The molecule has 2 saturated heterocycles. The first-order valence-corrected chi connectivity index (χ1v) is 13.0. The highest BCUT2D eigenvalue weighted by atomic mass is 16.6. The van der Waals surface area contributed by atoms with Gasteiger partial charge in [-0.05, 0) is 104 Å². The van der Waals surface area contributed by atoms with E-state index in [2.05, 4.69) is 0 Å². The minimum absolute atomic E-state index is 0.171. The van der Waals surface area contributed by atoms with Crippen LogP contribution in [0, 0.1) is 23.7 Å². The van der Waals surface area contributed by atoms with Crippen molar-refractivity contribution >= 4 is 12.2 Å². The molecule has 0 aromatic rings. The molecule has 2 amide bonds. The lowest BCUT2D eigenvalue weighted by Gasteiger charge is -2.27. The van der Waals surface area contributed by atoms with Crippen molar-refractivity contribution < 1.29 is 29.3 Å². The fourth-order valence-corrected chi connectivity index (χ4v) is 5.76. The highest BCUT2D eigenvalue weighted by Crippen LogP contribution is 2.37. The van der Waals surface area contributed by atoms with Crippen molar-refractivity contribution in [2.24, 2.45) is 23.7 Å². The molecular weight excluding hydrogens is 436 g/mol. The van der Waals surface area contributed by atoms with E-state index < -0.39 is 11.2 Å². The van der Waals surface area contributed by atoms with Crippen LogP contribution >= 0.6 is 0 Å². The molecule has 2 saturated carbocycles. The molecule has 6 atom stereocenters. The van der Waals surface area contributed by atoms with E-state index in [9.17, 15) is 19.8 Å². The fourth-order valence-electron chi connectivity index (χ4n) is 5.76. The highest BCUT2D eigenvalue weighted by Gasteiger charge is 2.41. The molecule has 2 heterocycles. The first kappa shape index (κ1) is 27.1. The molecule has 0 unspecified atom stereocenters. The topological polar surface area (TPSA) is 99.5 Å². The van der Waals surface area contributed by atoms with Gasteiger partial charge in [-0.25, -0.2) is 9.59 Å². The average Bonchev–Trinajstić information content (AvgIpc) is 3.29. The Morgan fingerprint density at radius 1 is 0.618 bits per heavy atom. The molecule has 0 bridgehead atoms. The number of ether oxygens (including phenoxy) is 2. The minimum atomic E-state index is -0.426. The molecule has 2 aliphatic carbocycles. The number of hydrogen-bond acceptors (Lipinski definition) is 6. The normalized spacial score (nSPS) is 33.4. The van der Waals surface area contributed by atoms with Gasteiger partial charge in [-0.15, -0.1) is 0 Å². The van der Waals surface area contributed by atoms with E-state index in [1.54, 1.807) is 9.80 Å². The molecule has 4 rings (SSSR count). The summed E-state index contributed by atoms with van der Waals surface area (Å²) < 4.78 is 10.8. The van der Waals surface area contributed by atoms with E-state index in [1.807, 2.05) is 41.5 Å². The van der Waals surface area contributed by atoms with Gasteiger partial charge in [0.15, 0.2) is 0 Å². The van der Waals surface area contributed by atoms with Crippen LogP contribution in [0.1, 0.15) is 80.1 Å². The van der Waals surface area contributed by atoms with Gasteiger partial charge in [-0.3, -0.25) is 0 Å². The standard InChI is InChI=1S/2C13H23NO3/c2*1-13(2,3)17-12(16)14-7-9-4-5-11(15)6-10(9)8-14/h2*9-11,15H,4-8H2,1-3H3/t2*9-,10+,11-/m10/s1. The predicted molar refractivity (Wildman–Crippen MR) is 129 cm³/mol. The van der Waals surface area contributed by atoms with E-state index in [4.69, 9.17) is 9.47 Å². The molecule has 4 aliphatic rings. The molecule has 0 spiro atoms. The summed E-state index contributed by atoms with van der Waals surface area (Å²) in [6, 6.07) is 0. The summed E-state index contributed by atoms with van der Waals surface area (Å²) in [7, 11) is 0. The first-order valence-electron chi connectivity index (χ1n) is 13.0. The van der Waals surface area contributed by atoms with Gasteiger partial charge in [-0.1, -0.05) is 0 Å². The molecule has 2 N–H and O–H groups in total. The van der Waals surface area contributed by atoms with Crippen LogP contribution < -0.4 is 0 Å². The summed E-state index contributed by atoms with van der Waals surface area (Å²) in [4.78, 5) is 27.5. The number of likely N-dealkylation sites (tertiary alicyclic amines) is 2. The maximum absolute atomic E-state index is 11.9. The summed E-state index contributed by atoms with van der Waals surface area (Å²) in [5, 5.41) is 19.3. The van der Waals surface area contributed by atoms with Gasteiger partial charge >= 0.3 is 12.2 Å². The number of aliphatic hydroxyl groups excluding tert-OH is 2. The number of aliphatic hydroxyl groups is 2. The van der Waals surface area contributed by atoms with Crippen LogP contribution in [-0.2, 0) is 9.47 Å². The van der Waals surface area contributed by atoms with Gasteiger partial charge in [0.05, 0.1) is 12.2 Å². The molecular formula is C26H46N2O6. The molecule has 2 aliphatic heterocycles. The molecule has 8 nitrogen and oxygen atoms in total. The van der Waals surface area contributed by atoms with E-state index >= 15 is 0 Å². The Hall–Kier alpha value is -1.54. The summed E-state index contributed by atoms with van der Waals surface area (Å²) >= 11 is 0. The van der Waals surface area contributed by atoms with Crippen molar-refractivity contribution in [3.05, 3.63) is 0 Å². The van der Waals surface area contributed by atoms with Crippen LogP contribution in [0.25, 0.3) is 0 Å². The highest BCUT2D eigenvalue weighted by molar-refractivity contribution is 5.69. The molecule has 8 heteroatoms. The Labute approximate surface area is 205 Å². The Kier molecular flexibility index (Phi) is 8.44. The van der Waals surface area contributed by atoms with Crippen molar-refractivity contribution in [2.45, 2.75) is 103 Å². The van der Waals surface area contributed by atoms with Crippen molar-refractivity contribution in [1.29, 1.82) is 0 Å². The zero-order valence-electron chi connectivity index (χ0n) is 22.0. The molecule has 0 aromatic carbocycles. The number of carbonyl (C=O) groups is 2. The number of carbonyl (C=O) groups excluding carboxylic acids is 2. The van der Waals surface area contributed by atoms with Gasteiger partial charge < -0.3 is 29.5 Å². The van der Waals surface area contributed by atoms with Gasteiger partial charge in [0.2, 0.25) is 0 Å². The zero-order valence-corrected chi connectivity index (χ0v) is 22.0. The number of amides is 2. The van der Waals surface area contributed by atoms with Gasteiger partial charge in [0.25, 0.3) is 0 Å². The molecule has 0 radical (unpaired) electrons. The number of rotatable bonds is 0. The molecule has 0 aromatic heterocycles. The number of hydrogen-bond donors (Lipinski definition) is 2. The van der Waals surface area contributed by atoms with Crippen molar-refractivity contribution in [3.8, 4) is 0 Å². The van der Waals surface area contributed by atoms with Gasteiger partial charge in [0.1, 0.15) is 11.2 Å². The minimum Gasteiger partial charge on any atom is -0.444 e. The average molecular weight is 483 g/mol. The molecule has 34 heavy (non-hydrogen) atoms. The maximum atomic E-state index is 11.9. The Morgan fingerprint density at radius 3 is 1.26 bits per heavy atom. The second-order valence-electron chi connectivity index (χ2n) is 12.7. The Bertz CT molecular complexity index is 655. The van der Waals surface area contributed by atoms with E-state index in [-0.39, 0.29) is 24.4 Å². The van der Waals surface area contributed by atoms with Crippen molar-refractivity contribution in [1.82, 2.24) is 9.80 Å². The van der Waals surface area contributed by atoms with Crippen LogP contribution in [0.5, 0.6) is 0 Å². The quantitative estimate of drug-likeness (QED) is 0.541. The third kappa shape index (κ3) is 7.74. The first-order chi connectivity index (χ1) is 15.7. The number of nitrogens with zero attached hydrogens (tertiary/aromatic N) is 2. The smallest absolute Gasteiger partial charge is 0.410 e. The summed E-state index contributed by atoms with van der Waals surface area (Å²) in [6.45, 7) is 14.4. The molecule has 4 fully saturated rings. The third-order valence-electron chi connectivity index (χ3n) is 7.35. The lowest BCUT2D eigenvalue weighted by molar-refractivity contribution is 0.0273. The van der Waals surface area contributed by atoms with Crippen LogP contribution in [0.4, 0.5) is 9.59 Å². The van der Waals surface area contributed by atoms with Crippen LogP contribution in [0.2, 0.25) is 0 Å². The van der Waals surface area contributed by atoms with Crippen LogP contribution in [0.3, 0.4) is 0 Å². The Morgan fingerprint density at radius 2 is 0.941 bits per heavy atom. The van der Waals surface area contributed by atoms with E-state index in [1.165, 1.54) is 0 Å². The second-order valence-corrected chi connectivity index (χ2v) is 12.7. The summed E-state index contributed by atoms with van der Waals surface area (Å²) in [5.74, 6) is 2.05. The SMILES string of the molecule is CC(C)(C)OC(=O)N1C[C@H]2CC[C@@H](O)C[C@H]2C1.CC(C)(C)OC(=O)N1C[C@H]2C[C@@H](O)CC[C@H]2C1. The maximum Gasteiger partial charge on any atom is 0.410 e. The van der Waals surface area contributed by atoms with Crippen molar-refractivity contribution in [2.75, 3.05) is 26.2 Å². The fraction of sp³-hybridized carbons (Fsp3) is 0.923. The largest absolute Gasteiger partial charge is 0.444 e. The van der Waals surface area contributed by atoms with E-state index in [0.29, 0.717) is 23.7 Å². The van der Waals surface area contributed by atoms with Gasteiger partial charge in [0, 0.05) is 26.2 Å². The van der Waals surface area contributed by atoms with E-state index in [0.717, 1.165) is 64.7 Å². The monoisotopic (exact) mass is 482 g/mol. The lowest BCUT2D eigenvalue weighted by atomic mass is 9.80. The van der Waals surface area contributed by atoms with Crippen LogP contribution in [0.15, 0.2) is 0 Å². The van der Waals surface area contributed by atoms with Crippen LogP contribution in [-0.4, -0.2) is 81.8 Å². The Balaban J connectivity index is 0.000000191. The summed E-state index contributed by atoms with van der Waals surface area (Å²) in [6.07, 6.45) is 4.74. The molecule has 196 valence electrons. The van der Waals surface area contributed by atoms with Crippen molar-refractivity contribution in [3.63, 3.8) is 0 Å². The zero-order chi connectivity index (χ0) is 25.3. The van der Waals surface area contributed by atoms with Gasteiger partial charge in [-0.2, -0.15) is 0 Å². The number of fused-ring (bicyclic) bond motifs is 2. The predicted octanol–water partition coefficient (Wildman–Crippen LogP) is 4.03. The second kappa shape index (κ2) is 10.6. The summed E-state index contributed by atoms with van der Waals surface area (Å²) in [5.41, 5.74) is -0.852. The lowest BCUT2D eigenvalue weighted by Crippen LogP contribution is -2.35.